The molecule has 0 fully saturated rings. The number of anilines is 2. The SMILES string of the molecule is Cc1ccc(NC(=O)Nc2cccc(-c3cc(C)ccc3S(=O)(=O)O)c2)cc1. The van der Waals surface area contributed by atoms with Crippen molar-refractivity contribution >= 4 is 27.5 Å². The zero-order valence-electron chi connectivity index (χ0n) is 15.4. The van der Waals surface area contributed by atoms with Gasteiger partial charge in [0.05, 0.1) is 0 Å². The summed E-state index contributed by atoms with van der Waals surface area (Å²) in [6.45, 7) is 3.79. The van der Waals surface area contributed by atoms with Gasteiger partial charge in [-0.15, -0.1) is 0 Å². The summed E-state index contributed by atoms with van der Waals surface area (Å²) in [5, 5.41) is 5.46. The van der Waals surface area contributed by atoms with Crippen molar-refractivity contribution in [3.05, 3.63) is 77.9 Å². The van der Waals surface area contributed by atoms with Crippen molar-refractivity contribution in [1.29, 1.82) is 0 Å². The number of carbonyl (C=O) groups excluding carboxylic acids is 1. The van der Waals surface area contributed by atoms with Gasteiger partial charge in [-0.3, -0.25) is 4.55 Å². The third-order valence-electron chi connectivity index (χ3n) is 4.15. The van der Waals surface area contributed by atoms with Gasteiger partial charge in [0.25, 0.3) is 10.1 Å². The summed E-state index contributed by atoms with van der Waals surface area (Å²) < 4.78 is 32.9. The lowest BCUT2D eigenvalue weighted by molar-refractivity contribution is 0.262. The number of amides is 2. The number of carbonyl (C=O) groups is 1. The van der Waals surface area contributed by atoms with E-state index in [9.17, 15) is 17.8 Å². The van der Waals surface area contributed by atoms with E-state index in [0.29, 0.717) is 22.5 Å². The topological polar surface area (TPSA) is 95.5 Å². The van der Waals surface area contributed by atoms with Crippen LogP contribution in [0.15, 0.2) is 71.6 Å². The summed E-state index contributed by atoms with van der Waals surface area (Å²) in [4.78, 5) is 12.1. The Morgan fingerprint density at radius 1 is 0.821 bits per heavy atom. The predicted octanol–water partition coefficient (Wildman–Crippen LogP) is 4.86. The first kappa shape index (κ1) is 19.6. The van der Waals surface area contributed by atoms with Crippen LogP contribution in [-0.2, 0) is 10.1 Å². The molecule has 0 spiro atoms. The molecule has 2 amide bonds. The standard InChI is InChI=1S/C21H20N2O4S/c1-14-6-9-17(10-7-14)22-21(24)23-18-5-3-4-16(13-18)19-12-15(2)8-11-20(19)28(25,26)27/h3-13H,1-2H3,(H2,22,23,24)(H,25,26,27). The highest BCUT2D eigenvalue weighted by atomic mass is 32.2. The molecular formula is C21H20N2O4S. The molecule has 3 aromatic rings. The van der Waals surface area contributed by atoms with Crippen LogP contribution in [0, 0.1) is 13.8 Å². The molecule has 3 rings (SSSR count). The van der Waals surface area contributed by atoms with Gasteiger partial charge in [-0.05, 0) is 49.7 Å². The molecule has 3 aromatic carbocycles. The molecule has 0 aromatic heterocycles. The third-order valence-corrected chi connectivity index (χ3v) is 5.07. The molecule has 6 nitrogen and oxygen atoms in total. The van der Waals surface area contributed by atoms with Gasteiger partial charge < -0.3 is 10.6 Å². The van der Waals surface area contributed by atoms with Crippen LogP contribution >= 0.6 is 0 Å². The predicted molar refractivity (Wildman–Crippen MR) is 110 cm³/mol. The highest BCUT2D eigenvalue weighted by molar-refractivity contribution is 7.86. The van der Waals surface area contributed by atoms with Crippen LogP contribution in [0.5, 0.6) is 0 Å². The molecule has 0 saturated heterocycles. The monoisotopic (exact) mass is 396 g/mol. The highest BCUT2D eigenvalue weighted by Crippen LogP contribution is 2.30. The quantitative estimate of drug-likeness (QED) is 0.549. The van der Waals surface area contributed by atoms with Crippen LogP contribution in [0.25, 0.3) is 11.1 Å². The van der Waals surface area contributed by atoms with Gasteiger partial charge in [-0.1, -0.05) is 47.5 Å². The molecule has 0 saturated carbocycles. The number of rotatable bonds is 4. The van der Waals surface area contributed by atoms with E-state index in [1.54, 1.807) is 48.5 Å². The van der Waals surface area contributed by atoms with Gasteiger partial charge in [0.2, 0.25) is 0 Å². The fraction of sp³-hybridized carbons (Fsp3) is 0.0952. The summed E-state index contributed by atoms with van der Waals surface area (Å²) in [5.41, 5.74) is 4.01. The molecule has 0 radical (unpaired) electrons. The Balaban J connectivity index is 1.86. The minimum Gasteiger partial charge on any atom is -0.308 e. The Morgan fingerprint density at radius 2 is 1.46 bits per heavy atom. The zero-order valence-corrected chi connectivity index (χ0v) is 16.2. The van der Waals surface area contributed by atoms with E-state index >= 15 is 0 Å². The van der Waals surface area contributed by atoms with Crippen molar-refractivity contribution in [2.75, 3.05) is 10.6 Å². The maximum atomic E-state index is 12.2. The van der Waals surface area contributed by atoms with Crippen LogP contribution < -0.4 is 10.6 Å². The molecule has 0 aliphatic carbocycles. The molecule has 0 aliphatic heterocycles. The third kappa shape index (κ3) is 4.76. The maximum absolute atomic E-state index is 12.2. The van der Waals surface area contributed by atoms with Crippen molar-refractivity contribution < 1.29 is 17.8 Å². The molecule has 0 atom stereocenters. The fourth-order valence-electron chi connectivity index (χ4n) is 2.79. The first-order chi connectivity index (χ1) is 13.2. The van der Waals surface area contributed by atoms with Gasteiger partial charge in [0.15, 0.2) is 0 Å². The van der Waals surface area contributed by atoms with E-state index in [2.05, 4.69) is 10.6 Å². The van der Waals surface area contributed by atoms with Crippen LogP contribution in [-0.4, -0.2) is 19.0 Å². The average Bonchev–Trinajstić information content (AvgIpc) is 2.63. The Kier molecular flexibility index (Phi) is 5.48. The molecule has 144 valence electrons. The summed E-state index contributed by atoms with van der Waals surface area (Å²) in [5.74, 6) is 0. The fourth-order valence-corrected chi connectivity index (χ4v) is 3.48. The molecule has 28 heavy (non-hydrogen) atoms. The van der Waals surface area contributed by atoms with Crippen molar-refractivity contribution in [2.45, 2.75) is 18.7 Å². The lowest BCUT2D eigenvalue weighted by Gasteiger charge is -2.12. The first-order valence-corrected chi connectivity index (χ1v) is 9.99. The summed E-state index contributed by atoms with van der Waals surface area (Å²) in [7, 11) is -4.38. The van der Waals surface area contributed by atoms with Crippen molar-refractivity contribution in [1.82, 2.24) is 0 Å². The van der Waals surface area contributed by atoms with E-state index in [4.69, 9.17) is 0 Å². The first-order valence-electron chi connectivity index (χ1n) is 8.55. The van der Waals surface area contributed by atoms with E-state index in [-0.39, 0.29) is 4.90 Å². The molecule has 0 aliphatic rings. The Morgan fingerprint density at radius 3 is 2.14 bits per heavy atom. The Hall–Kier alpha value is -3.16. The smallest absolute Gasteiger partial charge is 0.308 e. The van der Waals surface area contributed by atoms with Gasteiger partial charge in [-0.25, -0.2) is 4.79 Å². The van der Waals surface area contributed by atoms with E-state index < -0.39 is 16.1 Å². The van der Waals surface area contributed by atoms with Gasteiger partial charge in [0.1, 0.15) is 4.90 Å². The van der Waals surface area contributed by atoms with Gasteiger partial charge >= 0.3 is 6.03 Å². The van der Waals surface area contributed by atoms with Crippen LogP contribution in [0.1, 0.15) is 11.1 Å². The van der Waals surface area contributed by atoms with Gasteiger partial charge in [-0.2, -0.15) is 8.42 Å². The Bertz CT molecular complexity index is 1120. The number of urea groups is 1. The summed E-state index contributed by atoms with van der Waals surface area (Å²) in [6.07, 6.45) is 0. The lowest BCUT2D eigenvalue weighted by Crippen LogP contribution is -2.19. The number of nitrogens with one attached hydrogen (secondary N) is 2. The van der Waals surface area contributed by atoms with Gasteiger partial charge in [0, 0.05) is 16.9 Å². The van der Waals surface area contributed by atoms with E-state index in [1.165, 1.54) is 6.07 Å². The molecule has 7 heteroatoms. The van der Waals surface area contributed by atoms with Crippen molar-refractivity contribution in [3.8, 4) is 11.1 Å². The molecule has 3 N–H and O–H groups in total. The normalized spacial score (nSPS) is 11.1. The van der Waals surface area contributed by atoms with E-state index in [1.807, 2.05) is 26.0 Å². The molecule has 0 unspecified atom stereocenters. The number of benzene rings is 3. The van der Waals surface area contributed by atoms with Crippen molar-refractivity contribution in [2.24, 2.45) is 0 Å². The maximum Gasteiger partial charge on any atom is 0.323 e. The largest absolute Gasteiger partial charge is 0.323 e. The minimum atomic E-state index is -4.38. The number of aryl methyl sites for hydroxylation is 2. The van der Waals surface area contributed by atoms with Crippen LogP contribution in [0.4, 0.5) is 16.2 Å². The van der Waals surface area contributed by atoms with Crippen LogP contribution in [0.2, 0.25) is 0 Å². The second-order valence-corrected chi connectivity index (χ2v) is 7.89. The number of hydrogen-bond donors (Lipinski definition) is 3. The highest BCUT2D eigenvalue weighted by Gasteiger charge is 2.17. The molecule has 0 bridgehead atoms. The zero-order chi connectivity index (χ0) is 20.3. The van der Waals surface area contributed by atoms with Crippen LogP contribution in [0.3, 0.4) is 0 Å². The lowest BCUT2D eigenvalue weighted by atomic mass is 10.0. The second-order valence-electron chi connectivity index (χ2n) is 6.50. The van der Waals surface area contributed by atoms with Crippen molar-refractivity contribution in [3.63, 3.8) is 0 Å². The number of hydrogen-bond acceptors (Lipinski definition) is 3. The summed E-state index contributed by atoms with van der Waals surface area (Å²) >= 11 is 0. The average molecular weight is 396 g/mol. The van der Waals surface area contributed by atoms with E-state index in [0.717, 1.165) is 11.1 Å². The second kappa shape index (κ2) is 7.84. The summed E-state index contributed by atoms with van der Waals surface area (Å²) in [6, 6.07) is 18.4. The molecule has 0 heterocycles. The molecular weight excluding hydrogens is 376 g/mol. The Labute approximate surface area is 164 Å². The minimum absolute atomic E-state index is 0.181.